The Morgan fingerprint density at radius 2 is 1.50 bits per heavy atom. The first-order chi connectivity index (χ1) is 13.3. The maximum absolute atomic E-state index is 15.1. The lowest BCUT2D eigenvalue weighted by Gasteiger charge is -2.20. The third-order valence-corrected chi connectivity index (χ3v) is 5.42. The Balaban J connectivity index is 1.65. The van der Waals surface area contributed by atoms with Gasteiger partial charge in [0.05, 0.1) is 6.04 Å². The van der Waals surface area contributed by atoms with Crippen LogP contribution in [0.25, 0.3) is 0 Å². The molecule has 2 aliphatic heterocycles. The lowest BCUT2D eigenvalue weighted by atomic mass is 9.95. The molecule has 4 rings (SSSR count). The minimum atomic E-state index is -1.64. The molecule has 0 aliphatic carbocycles. The monoisotopic (exact) mass is 400 g/mol. The second-order valence-corrected chi connectivity index (χ2v) is 7.31. The highest BCUT2D eigenvalue weighted by molar-refractivity contribution is 5.35. The molecule has 2 heterocycles. The third-order valence-electron chi connectivity index (χ3n) is 5.42. The molecule has 2 aromatic carbocycles. The van der Waals surface area contributed by atoms with E-state index in [4.69, 9.17) is 0 Å². The molecule has 2 aliphatic rings. The van der Waals surface area contributed by atoms with E-state index in [-0.39, 0.29) is 36.1 Å². The van der Waals surface area contributed by atoms with Crippen molar-refractivity contribution in [3.63, 3.8) is 0 Å². The van der Waals surface area contributed by atoms with Crippen molar-refractivity contribution >= 4 is 0 Å². The van der Waals surface area contributed by atoms with Gasteiger partial charge in [-0.25, -0.2) is 26.3 Å². The molecule has 2 saturated heterocycles. The predicted octanol–water partition coefficient (Wildman–Crippen LogP) is 4.73. The largest absolute Gasteiger partial charge is 0.307 e. The fourth-order valence-corrected chi connectivity index (χ4v) is 4.07. The zero-order valence-electron chi connectivity index (χ0n) is 14.7. The van der Waals surface area contributed by atoms with Crippen LogP contribution in [-0.4, -0.2) is 18.9 Å². The summed E-state index contributed by atoms with van der Waals surface area (Å²) in [6.45, 7) is 0.0320. The Hall–Kier alpha value is -2.06. The lowest BCUT2D eigenvalue weighted by molar-refractivity contribution is 0.298. The summed E-state index contributed by atoms with van der Waals surface area (Å²) in [5.74, 6) is -2.99. The highest BCUT2D eigenvalue weighted by Gasteiger charge is 2.39. The maximum atomic E-state index is 15.1. The van der Waals surface area contributed by atoms with Crippen molar-refractivity contribution in [1.29, 1.82) is 0 Å². The number of alkyl halides is 2. The van der Waals surface area contributed by atoms with Crippen molar-refractivity contribution in [1.82, 2.24) is 10.6 Å². The minimum Gasteiger partial charge on any atom is -0.307 e. The molecular weight excluding hydrogens is 382 g/mol. The molecule has 8 heteroatoms. The van der Waals surface area contributed by atoms with Gasteiger partial charge in [0.1, 0.15) is 35.6 Å². The maximum Gasteiger partial charge on any atom is 0.133 e. The molecule has 150 valence electrons. The summed E-state index contributed by atoms with van der Waals surface area (Å²) in [5.41, 5.74) is -0.379. The van der Waals surface area contributed by atoms with Crippen molar-refractivity contribution in [3.05, 3.63) is 70.3 Å². The molecule has 5 atom stereocenters. The summed E-state index contributed by atoms with van der Waals surface area (Å²) >= 11 is 0. The number of rotatable bonds is 3. The summed E-state index contributed by atoms with van der Waals surface area (Å²) < 4.78 is 84.8. The molecule has 28 heavy (non-hydrogen) atoms. The van der Waals surface area contributed by atoms with Gasteiger partial charge in [-0.05, 0) is 36.8 Å². The van der Waals surface area contributed by atoms with E-state index in [1.165, 1.54) is 0 Å². The van der Waals surface area contributed by atoms with Crippen LogP contribution in [0.4, 0.5) is 26.3 Å². The van der Waals surface area contributed by atoms with E-state index >= 15 is 4.39 Å². The summed E-state index contributed by atoms with van der Waals surface area (Å²) in [4.78, 5) is 0. The van der Waals surface area contributed by atoms with Gasteiger partial charge in [-0.15, -0.1) is 0 Å². The van der Waals surface area contributed by atoms with Gasteiger partial charge in [0, 0.05) is 41.7 Å². The first-order valence-electron chi connectivity index (χ1n) is 9.05. The summed E-state index contributed by atoms with van der Waals surface area (Å²) in [6, 6.07) is 1.87. The first-order valence-corrected chi connectivity index (χ1v) is 9.05. The fourth-order valence-electron chi connectivity index (χ4n) is 4.07. The topological polar surface area (TPSA) is 24.1 Å². The van der Waals surface area contributed by atoms with Gasteiger partial charge in [0.15, 0.2) is 0 Å². The van der Waals surface area contributed by atoms with Gasteiger partial charge in [-0.1, -0.05) is 0 Å². The summed E-state index contributed by atoms with van der Waals surface area (Å²) in [6.07, 6.45) is -3.03. The van der Waals surface area contributed by atoms with Crippen LogP contribution in [0.5, 0.6) is 0 Å². The van der Waals surface area contributed by atoms with Crippen LogP contribution >= 0.6 is 0 Å². The van der Waals surface area contributed by atoms with Gasteiger partial charge in [-0.3, -0.25) is 0 Å². The number of hydrogen-bond donors (Lipinski definition) is 2. The zero-order chi connectivity index (χ0) is 20.0. The Bertz CT molecular complexity index is 889. The van der Waals surface area contributed by atoms with Gasteiger partial charge < -0.3 is 10.6 Å². The molecule has 0 saturated carbocycles. The standard InChI is InChI=1S/C20H18F6N2/c21-9-1-2-15(24)12(3-9)18-7-16(25)20(28-18)14-5-10(22)4-13(19(14)26)17-6-11(23)8-27-17/h1-5,11,16-18,20,27-28H,6-8H2/t11-,16-,17-,18+,20?/m0/s1. The van der Waals surface area contributed by atoms with Crippen LogP contribution in [0.1, 0.15) is 47.7 Å². The number of benzene rings is 2. The van der Waals surface area contributed by atoms with Gasteiger partial charge in [-0.2, -0.15) is 0 Å². The molecule has 0 amide bonds. The average molecular weight is 400 g/mol. The molecule has 0 aromatic heterocycles. The molecule has 1 unspecified atom stereocenters. The lowest BCUT2D eigenvalue weighted by Crippen LogP contribution is -2.24. The van der Waals surface area contributed by atoms with Gasteiger partial charge >= 0.3 is 0 Å². The Kier molecular flexibility index (Phi) is 5.09. The van der Waals surface area contributed by atoms with E-state index in [1.54, 1.807) is 0 Å². The van der Waals surface area contributed by atoms with E-state index in [9.17, 15) is 22.0 Å². The molecule has 0 bridgehead atoms. The highest BCUT2D eigenvalue weighted by atomic mass is 19.2. The highest BCUT2D eigenvalue weighted by Crippen LogP contribution is 2.40. The second-order valence-electron chi connectivity index (χ2n) is 7.31. The molecule has 2 nitrogen and oxygen atoms in total. The fraction of sp³-hybridized carbons (Fsp3) is 0.400. The van der Waals surface area contributed by atoms with Crippen LogP contribution in [0.3, 0.4) is 0 Å². The van der Waals surface area contributed by atoms with Crippen molar-refractivity contribution in [3.8, 4) is 0 Å². The first kappa shape index (κ1) is 19.3. The van der Waals surface area contributed by atoms with E-state index in [1.807, 2.05) is 0 Å². The van der Waals surface area contributed by atoms with E-state index in [2.05, 4.69) is 10.6 Å². The quantitative estimate of drug-likeness (QED) is 0.728. The zero-order valence-corrected chi connectivity index (χ0v) is 14.7. The van der Waals surface area contributed by atoms with Gasteiger partial charge in [0.25, 0.3) is 0 Å². The SMILES string of the molecule is Fc1cc(C2N[C@@H](c3cc(F)ccc3F)C[C@@H]2F)c(F)c([C@@H]2C[C@H](F)CN2)c1. The molecule has 0 spiro atoms. The molecule has 0 radical (unpaired) electrons. The minimum absolute atomic E-state index is 0.00586. The van der Waals surface area contributed by atoms with Crippen LogP contribution < -0.4 is 10.6 Å². The van der Waals surface area contributed by atoms with E-state index in [0.717, 1.165) is 30.3 Å². The number of nitrogens with one attached hydrogen (secondary N) is 2. The van der Waals surface area contributed by atoms with Gasteiger partial charge in [0.2, 0.25) is 0 Å². The van der Waals surface area contributed by atoms with Crippen molar-refractivity contribution in [2.75, 3.05) is 6.54 Å². The normalized spacial score (nSPS) is 30.1. The Morgan fingerprint density at radius 3 is 2.21 bits per heavy atom. The van der Waals surface area contributed by atoms with Crippen LogP contribution in [0, 0.1) is 23.3 Å². The van der Waals surface area contributed by atoms with Crippen molar-refractivity contribution < 1.29 is 26.3 Å². The van der Waals surface area contributed by atoms with E-state index < -0.39 is 53.7 Å². The Morgan fingerprint density at radius 1 is 0.786 bits per heavy atom. The summed E-state index contributed by atoms with van der Waals surface area (Å²) in [7, 11) is 0. The predicted molar refractivity (Wildman–Crippen MR) is 91.1 cm³/mol. The molecule has 2 N–H and O–H groups in total. The number of hydrogen-bond acceptors (Lipinski definition) is 2. The van der Waals surface area contributed by atoms with Crippen LogP contribution in [0.15, 0.2) is 30.3 Å². The average Bonchev–Trinajstić information content (AvgIpc) is 3.24. The molecule has 2 aromatic rings. The second kappa shape index (κ2) is 7.40. The Labute approximate surface area is 157 Å². The van der Waals surface area contributed by atoms with Crippen LogP contribution in [-0.2, 0) is 0 Å². The van der Waals surface area contributed by atoms with Crippen LogP contribution in [0.2, 0.25) is 0 Å². The summed E-state index contributed by atoms with van der Waals surface area (Å²) in [5, 5.41) is 5.53. The smallest absolute Gasteiger partial charge is 0.133 e. The van der Waals surface area contributed by atoms with Crippen molar-refractivity contribution in [2.24, 2.45) is 0 Å². The number of halogens is 6. The molecular formula is C20H18F6N2. The third kappa shape index (κ3) is 3.51. The van der Waals surface area contributed by atoms with E-state index in [0.29, 0.717) is 0 Å². The van der Waals surface area contributed by atoms with Crippen molar-refractivity contribution in [2.45, 2.75) is 43.3 Å². The molecule has 2 fully saturated rings.